The van der Waals surface area contributed by atoms with Gasteiger partial charge < -0.3 is 10.0 Å². The molecule has 0 spiro atoms. The topological polar surface area (TPSA) is 87.0 Å². The highest BCUT2D eigenvalue weighted by molar-refractivity contribution is 5.71. The number of aromatic amines is 1. The van der Waals surface area contributed by atoms with Crippen LogP contribution in [0.25, 0.3) is 22.6 Å². The second kappa shape index (κ2) is 6.33. The number of aromatic hydroxyl groups is 1. The van der Waals surface area contributed by atoms with E-state index in [1.807, 2.05) is 0 Å². The van der Waals surface area contributed by atoms with Gasteiger partial charge in [0.15, 0.2) is 11.3 Å². The molecule has 0 bridgehead atoms. The predicted molar refractivity (Wildman–Crippen MR) is 95.5 cm³/mol. The average molecular weight is 339 g/mol. The number of hydrogen-bond donors (Lipinski definition) is 2. The number of fused-ring (bicyclic) bond motifs is 1. The maximum absolute atomic E-state index is 12.4. The fourth-order valence-corrected chi connectivity index (χ4v) is 3.54. The summed E-state index contributed by atoms with van der Waals surface area (Å²) in [6.45, 7) is 2.76. The zero-order chi connectivity index (χ0) is 17.4. The summed E-state index contributed by atoms with van der Waals surface area (Å²) >= 11 is 0. The molecule has 3 aromatic rings. The number of nitrogens with one attached hydrogen (secondary N) is 1. The summed E-state index contributed by atoms with van der Waals surface area (Å²) in [6.07, 6.45) is 3.92. The van der Waals surface area contributed by atoms with Gasteiger partial charge in [0, 0.05) is 18.7 Å². The normalized spacial score (nSPS) is 18.7. The van der Waals surface area contributed by atoms with Crippen molar-refractivity contribution in [3.05, 3.63) is 40.9 Å². The first-order chi connectivity index (χ1) is 12.1. The van der Waals surface area contributed by atoms with E-state index in [0.29, 0.717) is 29.5 Å². The maximum Gasteiger partial charge on any atom is 0.328 e. The van der Waals surface area contributed by atoms with Crippen LogP contribution in [0.2, 0.25) is 0 Å². The number of rotatable bonds is 3. The molecule has 1 atom stereocenters. The highest BCUT2D eigenvalue weighted by atomic mass is 16.3. The third-order valence-electron chi connectivity index (χ3n) is 4.81. The van der Waals surface area contributed by atoms with E-state index in [0.717, 1.165) is 31.5 Å². The highest BCUT2D eigenvalue weighted by Crippen LogP contribution is 2.22. The molecule has 1 unspecified atom stereocenters. The van der Waals surface area contributed by atoms with Crippen LogP contribution in [0, 0.1) is 5.92 Å². The van der Waals surface area contributed by atoms with Crippen LogP contribution in [-0.2, 0) is 6.54 Å². The molecule has 1 saturated heterocycles. The largest absolute Gasteiger partial charge is 0.508 e. The van der Waals surface area contributed by atoms with Gasteiger partial charge in [0.1, 0.15) is 5.75 Å². The number of nitrogens with zero attached hydrogens (tertiary/aromatic N) is 4. The van der Waals surface area contributed by atoms with Gasteiger partial charge in [-0.3, -0.25) is 9.55 Å². The third kappa shape index (κ3) is 3.15. The molecule has 25 heavy (non-hydrogen) atoms. The van der Waals surface area contributed by atoms with Crippen LogP contribution in [0.1, 0.15) is 12.8 Å². The van der Waals surface area contributed by atoms with Gasteiger partial charge in [-0.15, -0.1) is 0 Å². The van der Waals surface area contributed by atoms with Crippen LogP contribution < -0.4 is 5.69 Å². The monoisotopic (exact) mass is 339 g/mol. The van der Waals surface area contributed by atoms with E-state index < -0.39 is 0 Å². The Hall–Kier alpha value is -2.67. The first-order valence-electron chi connectivity index (χ1n) is 8.53. The summed E-state index contributed by atoms with van der Waals surface area (Å²) in [5.74, 6) is 0.646. The molecule has 0 radical (unpaired) electrons. The van der Waals surface area contributed by atoms with Crippen molar-refractivity contribution in [2.75, 3.05) is 20.1 Å². The average Bonchev–Trinajstić information content (AvgIpc) is 2.91. The molecular formula is C18H21N5O2. The van der Waals surface area contributed by atoms with Crippen molar-refractivity contribution < 1.29 is 5.11 Å². The fourth-order valence-electron chi connectivity index (χ4n) is 3.54. The van der Waals surface area contributed by atoms with Gasteiger partial charge in [0.05, 0.1) is 11.9 Å². The lowest BCUT2D eigenvalue weighted by Crippen LogP contribution is -2.35. The van der Waals surface area contributed by atoms with E-state index >= 15 is 0 Å². The molecule has 1 fully saturated rings. The summed E-state index contributed by atoms with van der Waals surface area (Å²) in [6, 6.07) is 6.80. The lowest BCUT2D eigenvalue weighted by atomic mass is 9.98. The third-order valence-corrected chi connectivity index (χ3v) is 4.81. The molecule has 1 aliphatic heterocycles. The summed E-state index contributed by atoms with van der Waals surface area (Å²) in [5.41, 5.74) is 2.47. The zero-order valence-corrected chi connectivity index (χ0v) is 14.1. The Balaban J connectivity index is 1.71. The molecule has 7 nitrogen and oxygen atoms in total. The van der Waals surface area contributed by atoms with Gasteiger partial charge in [-0.1, -0.05) is 0 Å². The number of phenolic OH excluding ortho intramolecular Hbond substituents is 1. The van der Waals surface area contributed by atoms with Crippen molar-refractivity contribution in [3.8, 4) is 17.0 Å². The zero-order valence-electron chi connectivity index (χ0n) is 14.1. The number of H-pyrrole nitrogens is 1. The predicted octanol–water partition coefficient (Wildman–Crippen LogP) is 1.83. The Morgan fingerprint density at radius 3 is 2.88 bits per heavy atom. The summed E-state index contributed by atoms with van der Waals surface area (Å²) in [4.78, 5) is 26.5. The first-order valence-corrected chi connectivity index (χ1v) is 8.53. The highest BCUT2D eigenvalue weighted by Gasteiger charge is 2.20. The van der Waals surface area contributed by atoms with Gasteiger partial charge in [-0.25, -0.2) is 14.8 Å². The van der Waals surface area contributed by atoms with Crippen molar-refractivity contribution in [1.29, 1.82) is 0 Å². The second-order valence-electron chi connectivity index (χ2n) is 6.79. The Bertz CT molecular complexity index is 944. The van der Waals surface area contributed by atoms with E-state index in [9.17, 15) is 9.90 Å². The van der Waals surface area contributed by atoms with Crippen LogP contribution in [0.4, 0.5) is 0 Å². The van der Waals surface area contributed by atoms with Gasteiger partial charge in [0.2, 0.25) is 0 Å². The molecule has 7 heteroatoms. The van der Waals surface area contributed by atoms with E-state index in [1.165, 1.54) is 0 Å². The van der Waals surface area contributed by atoms with Crippen molar-refractivity contribution in [1.82, 2.24) is 24.4 Å². The van der Waals surface area contributed by atoms with Crippen LogP contribution in [0.15, 0.2) is 35.3 Å². The van der Waals surface area contributed by atoms with Crippen molar-refractivity contribution >= 4 is 11.3 Å². The molecule has 3 heterocycles. The molecule has 0 aliphatic carbocycles. The standard InChI is InChI=1S/C18H21N5O2/c1-22-8-2-3-12(10-22)11-23-17-16(21-18(23)25)19-9-15(20-17)13-4-6-14(24)7-5-13/h4-7,9,12,24H,2-3,8,10-11H2,1H3,(H,19,21,25). The SMILES string of the molecule is CN1CCCC(Cn2c(=O)[nH]c3ncc(-c4ccc(O)cc4)nc32)C1. The van der Waals surface area contributed by atoms with Crippen LogP contribution in [-0.4, -0.2) is 49.7 Å². The number of phenols is 1. The molecule has 1 aromatic carbocycles. The number of piperidine rings is 1. The Labute approximate surface area is 145 Å². The molecular weight excluding hydrogens is 318 g/mol. The van der Waals surface area contributed by atoms with E-state index in [4.69, 9.17) is 0 Å². The van der Waals surface area contributed by atoms with Crippen molar-refractivity contribution in [2.45, 2.75) is 19.4 Å². The summed E-state index contributed by atoms with van der Waals surface area (Å²) in [7, 11) is 2.12. The van der Waals surface area contributed by atoms with E-state index in [1.54, 1.807) is 35.0 Å². The fraction of sp³-hybridized carbons (Fsp3) is 0.389. The summed E-state index contributed by atoms with van der Waals surface area (Å²) < 4.78 is 1.70. The van der Waals surface area contributed by atoms with Gasteiger partial charge in [-0.05, 0) is 56.6 Å². The van der Waals surface area contributed by atoms with Gasteiger partial charge >= 0.3 is 5.69 Å². The summed E-state index contributed by atoms with van der Waals surface area (Å²) in [5, 5.41) is 9.44. The number of likely N-dealkylation sites (tertiary alicyclic amines) is 1. The molecule has 0 amide bonds. The van der Waals surface area contributed by atoms with Crippen LogP contribution >= 0.6 is 0 Å². The van der Waals surface area contributed by atoms with Gasteiger partial charge in [-0.2, -0.15) is 0 Å². The van der Waals surface area contributed by atoms with Crippen molar-refractivity contribution in [2.24, 2.45) is 5.92 Å². The molecule has 2 N–H and O–H groups in total. The molecule has 0 saturated carbocycles. The minimum atomic E-state index is -0.161. The lowest BCUT2D eigenvalue weighted by Gasteiger charge is -2.29. The molecule has 4 rings (SSSR count). The Kier molecular flexibility index (Phi) is 4.01. The smallest absolute Gasteiger partial charge is 0.328 e. The first kappa shape index (κ1) is 15.8. The number of aromatic nitrogens is 4. The quantitative estimate of drug-likeness (QED) is 0.760. The van der Waals surface area contributed by atoms with Crippen molar-refractivity contribution in [3.63, 3.8) is 0 Å². The van der Waals surface area contributed by atoms with E-state index in [-0.39, 0.29) is 11.4 Å². The molecule has 2 aromatic heterocycles. The molecule has 130 valence electrons. The minimum absolute atomic E-state index is 0.161. The van der Waals surface area contributed by atoms with E-state index in [2.05, 4.69) is 26.9 Å². The lowest BCUT2D eigenvalue weighted by molar-refractivity contribution is 0.194. The Morgan fingerprint density at radius 2 is 2.12 bits per heavy atom. The maximum atomic E-state index is 12.4. The minimum Gasteiger partial charge on any atom is -0.508 e. The molecule has 1 aliphatic rings. The second-order valence-corrected chi connectivity index (χ2v) is 6.79. The number of imidazole rings is 1. The van der Waals surface area contributed by atoms with Gasteiger partial charge in [0.25, 0.3) is 0 Å². The number of benzene rings is 1. The van der Waals surface area contributed by atoms with Crippen LogP contribution in [0.3, 0.4) is 0 Å². The van der Waals surface area contributed by atoms with Crippen LogP contribution in [0.5, 0.6) is 5.75 Å². The number of hydrogen-bond acceptors (Lipinski definition) is 5. The Morgan fingerprint density at radius 1 is 1.32 bits per heavy atom.